The maximum Gasteiger partial charge on any atom is 0.298 e. The van der Waals surface area contributed by atoms with Gasteiger partial charge in [-0.1, -0.05) is 6.07 Å². The molecule has 31 heavy (non-hydrogen) atoms. The van der Waals surface area contributed by atoms with Crippen molar-refractivity contribution in [2.45, 2.75) is 64.7 Å². The Morgan fingerprint density at radius 3 is 2.58 bits per heavy atom. The molecule has 6 rings (SSSR count). The summed E-state index contributed by atoms with van der Waals surface area (Å²) < 4.78 is 6.13. The third-order valence-corrected chi connectivity index (χ3v) is 7.42. The van der Waals surface area contributed by atoms with Crippen LogP contribution in [0.15, 0.2) is 22.6 Å². The van der Waals surface area contributed by atoms with E-state index in [0.29, 0.717) is 28.7 Å². The van der Waals surface area contributed by atoms with E-state index >= 15 is 0 Å². The Morgan fingerprint density at radius 2 is 1.94 bits per heavy atom. The number of para-hydroxylation sites is 1. The molecular formula is C24H35N5O2. The summed E-state index contributed by atoms with van der Waals surface area (Å²) >= 11 is 0. The fraction of sp³-hybridized carbons (Fsp3) is 0.667. The van der Waals surface area contributed by atoms with Crippen LogP contribution < -0.4 is 10.2 Å². The normalized spacial score (nSPS) is 29.5. The summed E-state index contributed by atoms with van der Waals surface area (Å²) in [5.74, 6) is 0.701. The molecular weight excluding hydrogens is 390 g/mol. The summed E-state index contributed by atoms with van der Waals surface area (Å²) in [6.45, 7) is 14.0. The molecule has 1 N–H and O–H groups in total. The maximum atomic E-state index is 13.2. The molecule has 0 aliphatic carbocycles. The van der Waals surface area contributed by atoms with Crippen LogP contribution in [0.2, 0.25) is 0 Å². The van der Waals surface area contributed by atoms with E-state index < -0.39 is 0 Å². The minimum absolute atomic E-state index is 0.0476. The van der Waals surface area contributed by atoms with Gasteiger partial charge >= 0.3 is 0 Å². The third kappa shape index (κ3) is 3.94. The fourth-order valence-corrected chi connectivity index (χ4v) is 5.44. The van der Waals surface area contributed by atoms with Gasteiger partial charge in [0.05, 0.1) is 11.7 Å². The summed E-state index contributed by atoms with van der Waals surface area (Å²) in [5, 5.41) is 3.26. The van der Waals surface area contributed by atoms with Gasteiger partial charge in [0.25, 0.3) is 11.9 Å². The van der Waals surface area contributed by atoms with Gasteiger partial charge < -0.3 is 14.6 Å². The number of amides is 1. The Hall–Kier alpha value is -2.12. The number of nitrogens with zero attached hydrogens (tertiary/aromatic N) is 4. The molecule has 4 aliphatic heterocycles. The number of rotatable bonds is 3. The van der Waals surface area contributed by atoms with Crippen molar-refractivity contribution in [3.05, 3.63) is 23.8 Å². The molecule has 0 saturated carbocycles. The van der Waals surface area contributed by atoms with Crippen LogP contribution in [-0.2, 0) is 0 Å². The van der Waals surface area contributed by atoms with Crippen LogP contribution in [0.3, 0.4) is 0 Å². The van der Waals surface area contributed by atoms with Gasteiger partial charge in [-0.05, 0) is 65.0 Å². The first kappa shape index (κ1) is 20.8. The number of piperazine rings is 1. The maximum absolute atomic E-state index is 13.2. The highest BCUT2D eigenvalue weighted by atomic mass is 16.4. The van der Waals surface area contributed by atoms with Gasteiger partial charge in [-0.2, -0.15) is 4.98 Å². The Labute approximate surface area is 184 Å². The van der Waals surface area contributed by atoms with Crippen molar-refractivity contribution < 1.29 is 9.21 Å². The van der Waals surface area contributed by atoms with Crippen molar-refractivity contribution in [2.24, 2.45) is 5.92 Å². The Balaban J connectivity index is 1.35. The van der Waals surface area contributed by atoms with Crippen molar-refractivity contribution >= 4 is 23.0 Å². The molecule has 1 aromatic carbocycles. The monoisotopic (exact) mass is 425 g/mol. The molecule has 2 unspecified atom stereocenters. The lowest BCUT2D eigenvalue weighted by molar-refractivity contribution is 0.0295. The zero-order valence-electron chi connectivity index (χ0n) is 19.2. The van der Waals surface area contributed by atoms with E-state index in [1.165, 1.54) is 12.8 Å². The first-order valence-corrected chi connectivity index (χ1v) is 11.8. The van der Waals surface area contributed by atoms with Crippen molar-refractivity contribution in [1.29, 1.82) is 0 Å². The molecule has 1 amide bonds. The van der Waals surface area contributed by atoms with Gasteiger partial charge in [0.2, 0.25) is 0 Å². The number of aromatic nitrogens is 1. The van der Waals surface area contributed by atoms with Gasteiger partial charge in [0.1, 0.15) is 5.52 Å². The molecule has 2 atom stereocenters. The lowest BCUT2D eigenvalue weighted by Gasteiger charge is -2.45. The molecule has 7 heteroatoms. The standard InChI is InChI=1S/C24H35N5O2/c1-16-15-28(24(2,3)4)12-13-29(16)23-26-21-18(6-5-7-19(21)31-23)22(30)25-20-14-17-8-10-27(20)11-9-17/h5-7,16-17,20H,8-15H2,1-4H3,(H,25,30). The van der Waals surface area contributed by atoms with E-state index in [1.807, 2.05) is 18.2 Å². The van der Waals surface area contributed by atoms with E-state index in [1.54, 1.807) is 0 Å². The molecule has 2 aromatic rings. The number of carbonyl (C=O) groups excluding carboxylic acids is 1. The van der Waals surface area contributed by atoms with Crippen LogP contribution in [-0.4, -0.2) is 71.2 Å². The lowest BCUT2D eigenvalue weighted by Crippen LogP contribution is -2.57. The second-order valence-electron chi connectivity index (χ2n) is 10.5. The number of anilines is 1. The molecule has 5 heterocycles. The van der Waals surface area contributed by atoms with Gasteiger partial charge in [-0.3, -0.25) is 14.6 Å². The topological polar surface area (TPSA) is 64.8 Å². The highest BCUT2D eigenvalue weighted by Gasteiger charge is 2.35. The first-order valence-electron chi connectivity index (χ1n) is 11.8. The van der Waals surface area contributed by atoms with Crippen molar-refractivity contribution in [1.82, 2.24) is 20.1 Å². The minimum atomic E-state index is -0.0476. The molecule has 168 valence electrons. The summed E-state index contributed by atoms with van der Waals surface area (Å²) in [6.07, 6.45) is 3.72. The van der Waals surface area contributed by atoms with Crippen LogP contribution in [0.5, 0.6) is 0 Å². The Morgan fingerprint density at radius 1 is 1.16 bits per heavy atom. The smallest absolute Gasteiger partial charge is 0.298 e. The van der Waals surface area contributed by atoms with Crippen molar-refractivity contribution in [2.75, 3.05) is 37.6 Å². The van der Waals surface area contributed by atoms with Crippen molar-refractivity contribution in [3.63, 3.8) is 0 Å². The van der Waals surface area contributed by atoms with Gasteiger partial charge in [-0.15, -0.1) is 0 Å². The van der Waals surface area contributed by atoms with E-state index in [9.17, 15) is 4.79 Å². The second kappa shape index (κ2) is 7.78. The van der Waals surface area contributed by atoms with Crippen LogP contribution in [0.4, 0.5) is 6.01 Å². The van der Waals surface area contributed by atoms with E-state index in [-0.39, 0.29) is 17.6 Å². The summed E-state index contributed by atoms with van der Waals surface area (Å²) in [6, 6.07) is 6.58. The zero-order valence-corrected chi connectivity index (χ0v) is 19.2. The number of nitrogens with one attached hydrogen (secondary N) is 1. The van der Waals surface area contributed by atoms with Crippen LogP contribution in [0, 0.1) is 5.92 Å². The average molecular weight is 426 g/mol. The SMILES string of the molecule is CC1CN(C(C)(C)C)CCN1c1nc2c(C(=O)NC3CC4CCN3CC4)cccc2o1. The summed E-state index contributed by atoms with van der Waals surface area (Å²) in [4.78, 5) is 25.1. The molecule has 4 aliphatic rings. The van der Waals surface area contributed by atoms with E-state index in [0.717, 1.165) is 45.1 Å². The van der Waals surface area contributed by atoms with Crippen LogP contribution >= 0.6 is 0 Å². The number of oxazole rings is 1. The Bertz CT molecular complexity index is 957. The van der Waals surface area contributed by atoms with E-state index in [4.69, 9.17) is 9.40 Å². The third-order valence-electron chi connectivity index (χ3n) is 7.42. The lowest BCUT2D eigenvalue weighted by atomic mass is 9.86. The van der Waals surface area contributed by atoms with Crippen LogP contribution in [0.1, 0.15) is 57.3 Å². The molecule has 2 bridgehead atoms. The number of hydrogen-bond acceptors (Lipinski definition) is 6. The highest BCUT2D eigenvalue weighted by molar-refractivity contribution is 6.04. The molecule has 0 spiro atoms. The van der Waals surface area contributed by atoms with Gasteiger partial charge in [0, 0.05) is 44.3 Å². The van der Waals surface area contributed by atoms with Gasteiger partial charge in [-0.25, -0.2) is 0 Å². The quantitative estimate of drug-likeness (QED) is 0.814. The average Bonchev–Trinajstić information content (AvgIpc) is 3.17. The second-order valence-corrected chi connectivity index (χ2v) is 10.5. The van der Waals surface area contributed by atoms with E-state index in [2.05, 4.69) is 47.7 Å². The number of carbonyl (C=O) groups is 1. The van der Waals surface area contributed by atoms with Crippen LogP contribution in [0.25, 0.3) is 11.1 Å². The number of piperidine rings is 3. The number of benzene rings is 1. The predicted octanol–water partition coefficient (Wildman–Crippen LogP) is 3.31. The molecule has 4 saturated heterocycles. The van der Waals surface area contributed by atoms with Gasteiger partial charge in [0.15, 0.2) is 5.58 Å². The largest absolute Gasteiger partial charge is 0.423 e. The molecule has 7 nitrogen and oxygen atoms in total. The summed E-state index contributed by atoms with van der Waals surface area (Å²) in [7, 11) is 0. The fourth-order valence-electron chi connectivity index (χ4n) is 5.44. The number of hydrogen-bond donors (Lipinski definition) is 1. The van der Waals surface area contributed by atoms with Crippen molar-refractivity contribution in [3.8, 4) is 0 Å². The molecule has 1 aromatic heterocycles. The zero-order chi connectivity index (χ0) is 21.8. The Kier molecular flexibility index (Phi) is 5.21. The first-order chi connectivity index (χ1) is 14.8. The minimum Gasteiger partial charge on any atom is -0.423 e. The number of fused-ring (bicyclic) bond motifs is 4. The predicted molar refractivity (Wildman–Crippen MR) is 122 cm³/mol. The highest BCUT2D eigenvalue weighted by Crippen LogP contribution is 2.32. The molecule has 4 fully saturated rings. The summed E-state index contributed by atoms with van der Waals surface area (Å²) in [5.41, 5.74) is 2.10. The molecule has 0 radical (unpaired) electrons.